The fraction of sp³-hybridized carbons (Fsp3) is 0.292. The Hall–Kier alpha value is -4.21. The van der Waals surface area contributed by atoms with E-state index in [1.807, 2.05) is 30.1 Å². The van der Waals surface area contributed by atoms with E-state index in [2.05, 4.69) is 32.4 Å². The van der Waals surface area contributed by atoms with Gasteiger partial charge in [-0.3, -0.25) is 0 Å². The van der Waals surface area contributed by atoms with Gasteiger partial charge in [0.05, 0.1) is 0 Å². The number of carboxylic acids is 1. The van der Waals surface area contributed by atoms with Gasteiger partial charge in [-0.2, -0.15) is 4.98 Å². The Morgan fingerprint density at radius 2 is 1.71 bits per heavy atom. The number of aliphatic carboxylic acids is 1. The Labute approximate surface area is 198 Å². The number of nitrogens with zero attached hydrogens (tertiary/aromatic N) is 5. The standard InChI is InChI=1S/C24H28N6O4/c1-29(2)24(33)34-19-11-9-18(10-12-19)15-20(21(31)32)27-22-25-16-26-23(28-22)30(3)14-13-17-7-5-4-6-8-17/h4-12,16,20H,13-15H2,1-3H3,(H,31,32)(H,25,26,27,28)/t20-/m0/s1. The Kier molecular flexibility index (Phi) is 8.33. The van der Waals surface area contributed by atoms with E-state index in [-0.39, 0.29) is 12.4 Å². The van der Waals surface area contributed by atoms with Crippen molar-refractivity contribution < 1.29 is 19.4 Å². The Bertz CT molecular complexity index is 1090. The summed E-state index contributed by atoms with van der Waals surface area (Å²) in [6.07, 6.45) is 1.87. The number of carbonyl (C=O) groups is 2. The Morgan fingerprint density at radius 3 is 2.35 bits per heavy atom. The maximum Gasteiger partial charge on any atom is 0.414 e. The molecule has 0 radical (unpaired) electrons. The molecule has 3 aromatic rings. The van der Waals surface area contributed by atoms with Crippen LogP contribution < -0.4 is 15.0 Å². The van der Waals surface area contributed by atoms with Crippen LogP contribution in [0.4, 0.5) is 16.7 Å². The molecule has 0 unspecified atom stereocenters. The fourth-order valence-electron chi connectivity index (χ4n) is 3.06. The Balaban J connectivity index is 1.62. The highest BCUT2D eigenvalue weighted by molar-refractivity contribution is 5.77. The van der Waals surface area contributed by atoms with E-state index in [9.17, 15) is 14.7 Å². The number of aromatic nitrogens is 3. The van der Waals surface area contributed by atoms with Crippen molar-refractivity contribution >= 4 is 24.0 Å². The van der Waals surface area contributed by atoms with Crippen molar-refractivity contribution in [2.24, 2.45) is 0 Å². The van der Waals surface area contributed by atoms with E-state index < -0.39 is 18.1 Å². The summed E-state index contributed by atoms with van der Waals surface area (Å²) in [6.45, 7) is 0.695. The second-order valence-corrected chi connectivity index (χ2v) is 7.91. The van der Waals surface area contributed by atoms with Crippen LogP contribution in [0.3, 0.4) is 0 Å². The number of nitrogens with one attached hydrogen (secondary N) is 1. The third-order valence-corrected chi connectivity index (χ3v) is 5.01. The predicted octanol–water partition coefficient (Wildman–Crippen LogP) is 2.72. The number of carbonyl (C=O) groups excluding carboxylic acids is 1. The number of amides is 1. The largest absolute Gasteiger partial charge is 0.480 e. The SMILES string of the molecule is CN(C)C(=O)Oc1ccc(C[C@H](Nc2ncnc(N(C)CCc3ccccc3)n2)C(=O)O)cc1. The molecule has 0 spiro atoms. The van der Waals surface area contributed by atoms with Crippen LogP contribution in [0.2, 0.25) is 0 Å². The van der Waals surface area contributed by atoms with Crippen LogP contribution in [-0.2, 0) is 17.6 Å². The van der Waals surface area contributed by atoms with Crippen LogP contribution in [0.1, 0.15) is 11.1 Å². The van der Waals surface area contributed by atoms with Crippen molar-refractivity contribution in [1.29, 1.82) is 0 Å². The molecule has 2 N–H and O–H groups in total. The van der Waals surface area contributed by atoms with Gasteiger partial charge in [-0.05, 0) is 29.7 Å². The molecule has 10 nitrogen and oxygen atoms in total. The quantitative estimate of drug-likeness (QED) is 0.466. The van der Waals surface area contributed by atoms with Gasteiger partial charge in [-0.15, -0.1) is 0 Å². The number of hydrogen-bond acceptors (Lipinski definition) is 8. The van der Waals surface area contributed by atoms with Crippen molar-refractivity contribution in [3.63, 3.8) is 0 Å². The first-order chi connectivity index (χ1) is 16.3. The zero-order valence-corrected chi connectivity index (χ0v) is 19.4. The molecule has 1 heterocycles. The maximum absolute atomic E-state index is 11.9. The van der Waals surface area contributed by atoms with E-state index in [0.29, 0.717) is 18.2 Å². The summed E-state index contributed by atoms with van der Waals surface area (Å²) in [5.74, 6) is -0.0319. The molecule has 1 aromatic heterocycles. The van der Waals surface area contributed by atoms with Crippen molar-refractivity contribution in [2.45, 2.75) is 18.9 Å². The lowest BCUT2D eigenvalue weighted by atomic mass is 10.1. The van der Waals surface area contributed by atoms with E-state index in [1.54, 1.807) is 38.4 Å². The molecule has 0 fully saturated rings. The number of hydrogen-bond donors (Lipinski definition) is 2. The van der Waals surface area contributed by atoms with Gasteiger partial charge in [0.25, 0.3) is 0 Å². The molecule has 10 heteroatoms. The van der Waals surface area contributed by atoms with Crippen LogP contribution in [0, 0.1) is 0 Å². The zero-order chi connectivity index (χ0) is 24.5. The molecule has 0 aliphatic rings. The molecule has 0 aliphatic heterocycles. The minimum atomic E-state index is -1.04. The second kappa shape index (κ2) is 11.6. The van der Waals surface area contributed by atoms with Gasteiger partial charge in [-0.25, -0.2) is 19.6 Å². The lowest BCUT2D eigenvalue weighted by molar-refractivity contribution is -0.137. The first kappa shape index (κ1) is 24.4. The van der Waals surface area contributed by atoms with Gasteiger partial charge in [0, 0.05) is 34.1 Å². The summed E-state index contributed by atoms with van der Waals surface area (Å²) >= 11 is 0. The predicted molar refractivity (Wildman–Crippen MR) is 128 cm³/mol. The molecule has 34 heavy (non-hydrogen) atoms. The highest BCUT2D eigenvalue weighted by atomic mass is 16.6. The molecule has 178 valence electrons. The van der Waals surface area contributed by atoms with E-state index in [0.717, 1.165) is 12.0 Å². The van der Waals surface area contributed by atoms with Crippen molar-refractivity contribution in [2.75, 3.05) is 37.9 Å². The molecule has 1 amide bonds. The summed E-state index contributed by atoms with van der Waals surface area (Å²) in [5.41, 5.74) is 1.95. The van der Waals surface area contributed by atoms with Crippen LogP contribution in [0.25, 0.3) is 0 Å². The van der Waals surface area contributed by atoms with Crippen LogP contribution in [0.15, 0.2) is 60.9 Å². The smallest absolute Gasteiger partial charge is 0.414 e. The van der Waals surface area contributed by atoms with Gasteiger partial charge in [0.1, 0.15) is 18.1 Å². The average Bonchev–Trinajstić information content (AvgIpc) is 2.84. The minimum absolute atomic E-state index is 0.181. The monoisotopic (exact) mass is 464 g/mol. The fourth-order valence-corrected chi connectivity index (χ4v) is 3.06. The average molecular weight is 465 g/mol. The molecular weight excluding hydrogens is 436 g/mol. The molecule has 0 aliphatic carbocycles. The molecular formula is C24H28N6O4. The topological polar surface area (TPSA) is 121 Å². The zero-order valence-electron chi connectivity index (χ0n) is 19.4. The molecule has 1 atom stereocenters. The first-order valence-electron chi connectivity index (χ1n) is 10.7. The number of benzene rings is 2. The van der Waals surface area contributed by atoms with Gasteiger partial charge in [-0.1, -0.05) is 42.5 Å². The molecule has 2 aromatic carbocycles. The molecule has 0 saturated heterocycles. The molecule has 0 saturated carbocycles. The summed E-state index contributed by atoms with van der Waals surface area (Å²) < 4.78 is 5.19. The number of ether oxygens (including phenoxy) is 1. The third-order valence-electron chi connectivity index (χ3n) is 5.01. The summed E-state index contributed by atoms with van der Waals surface area (Å²) in [7, 11) is 5.06. The Morgan fingerprint density at radius 1 is 1.00 bits per heavy atom. The van der Waals surface area contributed by atoms with E-state index in [1.165, 1.54) is 16.8 Å². The number of carboxylic acid groups (broad SMARTS) is 1. The minimum Gasteiger partial charge on any atom is -0.480 e. The van der Waals surface area contributed by atoms with E-state index >= 15 is 0 Å². The maximum atomic E-state index is 11.9. The van der Waals surface area contributed by atoms with Crippen molar-refractivity contribution in [1.82, 2.24) is 19.9 Å². The van der Waals surface area contributed by atoms with Gasteiger partial charge in [0.2, 0.25) is 11.9 Å². The normalized spacial score (nSPS) is 11.4. The highest BCUT2D eigenvalue weighted by Crippen LogP contribution is 2.16. The van der Waals surface area contributed by atoms with Crippen LogP contribution >= 0.6 is 0 Å². The number of likely N-dealkylation sites (N-methyl/N-ethyl adjacent to an activating group) is 1. The highest BCUT2D eigenvalue weighted by Gasteiger charge is 2.20. The lowest BCUT2D eigenvalue weighted by Gasteiger charge is -2.19. The van der Waals surface area contributed by atoms with Gasteiger partial charge >= 0.3 is 12.1 Å². The second-order valence-electron chi connectivity index (χ2n) is 7.91. The summed E-state index contributed by atoms with van der Waals surface area (Å²) in [6, 6.07) is 15.8. The number of anilines is 2. The molecule has 3 rings (SSSR count). The summed E-state index contributed by atoms with van der Waals surface area (Å²) in [4.78, 5) is 39.4. The summed E-state index contributed by atoms with van der Waals surface area (Å²) in [5, 5.41) is 12.6. The van der Waals surface area contributed by atoms with E-state index in [4.69, 9.17) is 4.74 Å². The van der Waals surface area contributed by atoms with Crippen LogP contribution in [0.5, 0.6) is 5.75 Å². The lowest BCUT2D eigenvalue weighted by Crippen LogP contribution is -2.33. The first-order valence-corrected chi connectivity index (χ1v) is 10.7. The molecule has 0 bridgehead atoms. The van der Waals surface area contributed by atoms with Crippen molar-refractivity contribution in [3.8, 4) is 5.75 Å². The van der Waals surface area contributed by atoms with Crippen molar-refractivity contribution in [3.05, 3.63) is 72.1 Å². The van der Waals surface area contributed by atoms with Gasteiger partial charge in [0.15, 0.2) is 0 Å². The van der Waals surface area contributed by atoms with Gasteiger partial charge < -0.3 is 25.0 Å². The third kappa shape index (κ3) is 7.16. The number of rotatable bonds is 10. The van der Waals surface area contributed by atoms with Crippen LogP contribution in [-0.4, -0.2) is 70.8 Å².